The summed E-state index contributed by atoms with van der Waals surface area (Å²) in [4.78, 5) is 24.8. The molecule has 1 aliphatic heterocycles. The summed E-state index contributed by atoms with van der Waals surface area (Å²) < 4.78 is 20.9. The van der Waals surface area contributed by atoms with Crippen LogP contribution in [0.5, 0.6) is 0 Å². The number of aromatic nitrogens is 5. The van der Waals surface area contributed by atoms with Gasteiger partial charge in [0.15, 0.2) is 5.65 Å². The van der Waals surface area contributed by atoms with Gasteiger partial charge in [0.1, 0.15) is 17.7 Å². The van der Waals surface area contributed by atoms with E-state index in [-0.39, 0.29) is 6.10 Å². The highest BCUT2D eigenvalue weighted by Crippen LogP contribution is 2.33. The Morgan fingerprint density at radius 1 is 1.06 bits per heavy atom. The standard InChI is InChI=1S/C24H22ClFN6O/c1-13-8-19-22(18-5-4-17(25)9-20(18)26)30-24(31-23(19)29-14(13)2)32-6-7-33-21(12-32)16-10-27-15(3)28-11-16/h4-5,8-11,21H,6-7,12H2,1-3H3/t21-/m0/s1. The molecule has 1 aromatic carbocycles. The van der Waals surface area contributed by atoms with Gasteiger partial charge in [-0.05, 0) is 50.6 Å². The zero-order valence-electron chi connectivity index (χ0n) is 18.5. The summed E-state index contributed by atoms with van der Waals surface area (Å²) in [6.45, 7) is 7.35. The molecule has 4 aromatic rings. The highest BCUT2D eigenvalue weighted by molar-refractivity contribution is 6.30. The number of rotatable bonds is 3. The van der Waals surface area contributed by atoms with Gasteiger partial charge in [-0.3, -0.25) is 0 Å². The first-order valence-corrected chi connectivity index (χ1v) is 11.0. The van der Waals surface area contributed by atoms with Crippen molar-refractivity contribution in [3.63, 3.8) is 0 Å². The summed E-state index contributed by atoms with van der Waals surface area (Å²) in [5.74, 6) is 0.739. The molecule has 33 heavy (non-hydrogen) atoms. The molecule has 4 heterocycles. The van der Waals surface area contributed by atoms with Gasteiger partial charge in [-0.25, -0.2) is 24.3 Å². The summed E-state index contributed by atoms with van der Waals surface area (Å²) in [5.41, 5.74) is 4.11. The molecule has 9 heteroatoms. The summed E-state index contributed by atoms with van der Waals surface area (Å²) in [6, 6.07) is 6.55. The minimum atomic E-state index is -0.441. The van der Waals surface area contributed by atoms with Crippen molar-refractivity contribution in [2.75, 3.05) is 24.6 Å². The number of benzene rings is 1. The maximum atomic E-state index is 14.9. The Morgan fingerprint density at radius 2 is 1.85 bits per heavy atom. The summed E-state index contributed by atoms with van der Waals surface area (Å²) in [7, 11) is 0. The molecule has 0 N–H and O–H groups in total. The number of hydrogen-bond donors (Lipinski definition) is 0. The highest BCUT2D eigenvalue weighted by Gasteiger charge is 2.26. The first kappa shape index (κ1) is 21.6. The van der Waals surface area contributed by atoms with E-state index in [2.05, 4.69) is 15.0 Å². The monoisotopic (exact) mass is 464 g/mol. The van der Waals surface area contributed by atoms with E-state index in [0.29, 0.717) is 58.8 Å². The molecule has 0 amide bonds. The molecule has 1 aliphatic rings. The van der Waals surface area contributed by atoms with Crippen LogP contribution in [0, 0.1) is 26.6 Å². The van der Waals surface area contributed by atoms with Gasteiger partial charge < -0.3 is 9.64 Å². The van der Waals surface area contributed by atoms with Gasteiger partial charge in [-0.2, -0.15) is 4.98 Å². The first-order chi connectivity index (χ1) is 15.9. The highest BCUT2D eigenvalue weighted by atomic mass is 35.5. The molecule has 0 saturated carbocycles. The maximum absolute atomic E-state index is 14.9. The van der Waals surface area contributed by atoms with E-state index >= 15 is 0 Å². The summed E-state index contributed by atoms with van der Waals surface area (Å²) >= 11 is 5.99. The number of nitrogens with zero attached hydrogens (tertiary/aromatic N) is 6. The quantitative estimate of drug-likeness (QED) is 0.432. The fourth-order valence-electron chi connectivity index (χ4n) is 3.86. The van der Waals surface area contributed by atoms with E-state index in [1.165, 1.54) is 6.07 Å². The van der Waals surface area contributed by atoms with Crippen LogP contribution in [0.15, 0.2) is 36.7 Å². The van der Waals surface area contributed by atoms with E-state index in [1.54, 1.807) is 24.5 Å². The van der Waals surface area contributed by atoms with Crippen LogP contribution in [0.2, 0.25) is 5.02 Å². The number of fused-ring (bicyclic) bond motifs is 1. The Morgan fingerprint density at radius 3 is 2.61 bits per heavy atom. The second-order valence-electron chi connectivity index (χ2n) is 8.13. The Hall–Kier alpha value is -3.23. The average Bonchev–Trinajstić information content (AvgIpc) is 2.80. The summed E-state index contributed by atoms with van der Waals surface area (Å²) in [5, 5.41) is 1.02. The van der Waals surface area contributed by atoms with Crippen LogP contribution >= 0.6 is 11.6 Å². The lowest BCUT2D eigenvalue weighted by Gasteiger charge is -2.33. The van der Waals surface area contributed by atoms with Crippen LogP contribution in [-0.4, -0.2) is 44.6 Å². The van der Waals surface area contributed by atoms with Gasteiger partial charge in [-0.1, -0.05) is 11.6 Å². The second kappa shape index (κ2) is 8.61. The van der Waals surface area contributed by atoms with E-state index in [4.69, 9.17) is 26.3 Å². The normalized spacial score (nSPS) is 16.4. The number of ether oxygens (including phenoxy) is 1. The molecule has 1 saturated heterocycles. The van der Waals surface area contributed by atoms with Crippen LogP contribution < -0.4 is 4.90 Å². The van der Waals surface area contributed by atoms with E-state index < -0.39 is 5.82 Å². The van der Waals surface area contributed by atoms with Crippen LogP contribution in [0.25, 0.3) is 22.3 Å². The minimum absolute atomic E-state index is 0.220. The molecule has 1 atom stereocenters. The zero-order valence-corrected chi connectivity index (χ0v) is 19.3. The molecule has 0 aliphatic carbocycles. The molecule has 0 bridgehead atoms. The van der Waals surface area contributed by atoms with Crippen molar-refractivity contribution in [1.29, 1.82) is 0 Å². The number of morpholine rings is 1. The molecule has 0 radical (unpaired) electrons. The Labute approximate surface area is 195 Å². The van der Waals surface area contributed by atoms with Crippen molar-refractivity contribution < 1.29 is 9.13 Å². The first-order valence-electron chi connectivity index (χ1n) is 10.7. The Kier molecular flexibility index (Phi) is 5.64. The molecule has 5 rings (SSSR count). The minimum Gasteiger partial charge on any atom is -0.370 e. The number of hydrogen-bond acceptors (Lipinski definition) is 7. The number of aryl methyl sites for hydroxylation is 3. The largest absolute Gasteiger partial charge is 0.370 e. The molecule has 168 valence electrons. The topological polar surface area (TPSA) is 76.9 Å². The van der Waals surface area contributed by atoms with Crippen LogP contribution in [0.4, 0.5) is 10.3 Å². The van der Waals surface area contributed by atoms with Crippen molar-refractivity contribution in [2.45, 2.75) is 26.9 Å². The van der Waals surface area contributed by atoms with Crippen molar-refractivity contribution >= 4 is 28.6 Å². The molecule has 0 unspecified atom stereocenters. The predicted octanol–water partition coefficient (Wildman–Crippen LogP) is 4.78. The van der Waals surface area contributed by atoms with Crippen LogP contribution in [-0.2, 0) is 4.74 Å². The lowest BCUT2D eigenvalue weighted by Crippen LogP contribution is -2.39. The van der Waals surface area contributed by atoms with E-state index in [9.17, 15) is 4.39 Å². The zero-order chi connectivity index (χ0) is 23.1. The lowest BCUT2D eigenvalue weighted by atomic mass is 10.1. The summed E-state index contributed by atoms with van der Waals surface area (Å²) in [6.07, 6.45) is 3.34. The third-order valence-electron chi connectivity index (χ3n) is 5.83. The molecule has 7 nitrogen and oxygen atoms in total. The lowest BCUT2D eigenvalue weighted by molar-refractivity contribution is 0.0388. The SMILES string of the molecule is Cc1ncc([C@@H]2CN(c3nc(-c4ccc(Cl)cc4F)c4cc(C)c(C)nc4n3)CCO2)cn1. The fraction of sp³-hybridized carbons (Fsp3) is 0.292. The van der Waals surface area contributed by atoms with Gasteiger partial charge in [0, 0.05) is 46.2 Å². The Balaban J connectivity index is 1.61. The van der Waals surface area contributed by atoms with Crippen LogP contribution in [0.3, 0.4) is 0 Å². The van der Waals surface area contributed by atoms with Gasteiger partial charge in [0.2, 0.25) is 5.95 Å². The maximum Gasteiger partial charge on any atom is 0.228 e. The smallest absolute Gasteiger partial charge is 0.228 e. The third-order valence-corrected chi connectivity index (χ3v) is 6.06. The fourth-order valence-corrected chi connectivity index (χ4v) is 4.02. The number of pyridine rings is 1. The van der Waals surface area contributed by atoms with Gasteiger partial charge in [0.25, 0.3) is 0 Å². The van der Waals surface area contributed by atoms with Crippen molar-refractivity contribution in [1.82, 2.24) is 24.9 Å². The van der Waals surface area contributed by atoms with Crippen molar-refractivity contribution in [3.05, 3.63) is 70.1 Å². The van der Waals surface area contributed by atoms with Gasteiger partial charge >= 0.3 is 0 Å². The average molecular weight is 465 g/mol. The second-order valence-corrected chi connectivity index (χ2v) is 8.56. The molecular formula is C24H22ClFN6O. The van der Waals surface area contributed by atoms with Crippen molar-refractivity contribution in [3.8, 4) is 11.3 Å². The molecular weight excluding hydrogens is 443 g/mol. The number of anilines is 1. The van der Waals surface area contributed by atoms with Gasteiger partial charge in [-0.15, -0.1) is 0 Å². The third kappa shape index (κ3) is 4.24. The Bertz CT molecular complexity index is 1350. The van der Waals surface area contributed by atoms with E-state index in [1.807, 2.05) is 31.7 Å². The number of halogens is 2. The molecule has 1 fully saturated rings. The molecule has 3 aromatic heterocycles. The van der Waals surface area contributed by atoms with E-state index in [0.717, 1.165) is 16.8 Å². The predicted molar refractivity (Wildman–Crippen MR) is 125 cm³/mol. The van der Waals surface area contributed by atoms with Crippen LogP contribution in [0.1, 0.15) is 28.7 Å². The van der Waals surface area contributed by atoms with Crippen molar-refractivity contribution in [2.24, 2.45) is 0 Å². The van der Waals surface area contributed by atoms with Gasteiger partial charge in [0.05, 0.1) is 18.8 Å². The molecule has 0 spiro atoms.